The predicted molar refractivity (Wildman–Crippen MR) is 157 cm³/mol. The van der Waals surface area contributed by atoms with E-state index in [-0.39, 0.29) is 11.4 Å². The summed E-state index contributed by atoms with van der Waals surface area (Å²) in [5, 5.41) is 20.0. The second-order valence-corrected chi connectivity index (χ2v) is 9.94. The molecule has 0 saturated carbocycles. The summed E-state index contributed by atoms with van der Waals surface area (Å²) in [7, 11) is 1.54. The SMILES string of the molecule is CCNC(=O)Nc1cc(-c2nc(-c3ccccc3)cs2)c(-c2ccc3c(c2)c(=O)c(C(=O)[O-])cn3CCOC)cn1. The van der Waals surface area contributed by atoms with Crippen LogP contribution in [0.25, 0.3) is 43.9 Å². The van der Waals surface area contributed by atoms with Crippen molar-refractivity contribution in [2.75, 3.05) is 25.6 Å². The highest BCUT2D eigenvalue weighted by atomic mass is 32.1. The number of carbonyl (C=O) groups excluding carboxylic acids is 2. The van der Waals surface area contributed by atoms with Crippen LogP contribution in [0.1, 0.15) is 17.3 Å². The molecule has 0 unspecified atom stereocenters. The second-order valence-electron chi connectivity index (χ2n) is 9.08. The molecule has 0 saturated heterocycles. The molecule has 2 N–H and O–H groups in total. The molecule has 0 aliphatic heterocycles. The molecule has 0 fully saturated rings. The van der Waals surface area contributed by atoms with Crippen molar-refractivity contribution < 1.29 is 19.4 Å². The normalized spacial score (nSPS) is 11.0. The number of amides is 2. The van der Waals surface area contributed by atoms with E-state index in [2.05, 4.69) is 15.6 Å². The molecular formula is C30H26N5O5S-. The fourth-order valence-corrected chi connectivity index (χ4v) is 5.33. The molecule has 0 aliphatic rings. The van der Waals surface area contributed by atoms with E-state index in [0.717, 1.165) is 11.3 Å². The fourth-order valence-electron chi connectivity index (χ4n) is 4.48. The van der Waals surface area contributed by atoms with Gasteiger partial charge in [0.25, 0.3) is 0 Å². The van der Waals surface area contributed by atoms with Crippen LogP contribution in [-0.4, -0.2) is 46.8 Å². The zero-order chi connectivity index (χ0) is 28.9. The Hall–Kier alpha value is -4.87. The minimum atomic E-state index is -1.55. The number of carbonyl (C=O) groups is 2. The minimum absolute atomic E-state index is 0.222. The standard InChI is InChI=1S/C30H27N5O5S/c1-3-31-30(39)34-26-14-20(28-33-24(17-41-28)18-7-5-4-6-8-18)22(15-32-26)19-9-10-25-21(13-19)27(36)23(29(37)38)16-35(25)11-12-40-2/h4-10,13-17H,3,11-12H2,1-2H3,(H,37,38)(H2,31,32,34,39)/p-1. The number of nitrogens with zero attached hydrogens (tertiary/aromatic N) is 3. The number of thiazole rings is 1. The number of rotatable bonds is 9. The van der Waals surface area contributed by atoms with Crippen LogP contribution in [0.2, 0.25) is 0 Å². The number of urea groups is 1. The highest BCUT2D eigenvalue weighted by molar-refractivity contribution is 7.13. The zero-order valence-corrected chi connectivity index (χ0v) is 23.2. The summed E-state index contributed by atoms with van der Waals surface area (Å²) in [5.41, 5.74) is 3.22. The van der Waals surface area contributed by atoms with Crippen molar-refractivity contribution in [3.05, 3.63) is 88.2 Å². The Labute approximate surface area is 239 Å². The van der Waals surface area contributed by atoms with Gasteiger partial charge in [-0.25, -0.2) is 14.8 Å². The molecule has 3 heterocycles. The van der Waals surface area contributed by atoms with Crippen molar-refractivity contribution in [3.63, 3.8) is 0 Å². The maximum absolute atomic E-state index is 13.2. The first-order chi connectivity index (χ1) is 19.9. The number of fused-ring (bicyclic) bond motifs is 1. The van der Waals surface area contributed by atoms with Crippen molar-refractivity contribution in [1.29, 1.82) is 0 Å². The molecule has 208 valence electrons. The van der Waals surface area contributed by atoms with Gasteiger partial charge in [0, 0.05) is 60.0 Å². The average molecular weight is 569 g/mol. The summed E-state index contributed by atoms with van der Waals surface area (Å²) >= 11 is 1.44. The largest absolute Gasteiger partial charge is 0.545 e. The van der Waals surface area contributed by atoms with Crippen molar-refractivity contribution >= 4 is 40.1 Å². The topological polar surface area (TPSA) is 138 Å². The van der Waals surface area contributed by atoms with Gasteiger partial charge in [0.1, 0.15) is 10.8 Å². The molecule has 2 amide bonds. The van der Waals surface area contributed by atoms with Crippen LogP contribution in [0.3, 0.4) is 0 Å². The molecule has 0 aliphatic carbocycles. The van der Waals surface area contributed by atoms with Crippen molar-refractivity contribution in [1.82, 2.24) is 19.9 Å². The van der Waals surface area contributed by atoms with Gasteiger partial charge in [-0.1, -0.05) is 36.4 Å². The first kappa shape index (κ1) is 27.7. The smallest absolute Gasteiger partial charge is 0.320 e. The molecule has 0 spiro atoms. The number of hydrogen-bond acceptors (Lipinski definition) is 8. The Morgan fingerprint density at radius 1 is 1.07 bits per heavy atom. The molecule has 0 radical (unpaired) electrons. The predicted octanol–water partition coefficient (Wildman–Crippen LogP) is 4.01. The summed E-state index contributed by atoms with van der Waals surface area (Å²) < 4.78 is 6.83. The van der Waals surface area contributed by atoms with Crippen LogP contribution in [0, 0.1) is 0 Å². The number of aromatic nitrogens is 3. The van der Waals surface area contributed by atoms with E-state index in [1.54, 1.807) is 36.1 Å². The molecule has 10 nitrogen and oxygen atoms in total. The van der Waals surface area contributed by atoms with E-state index in [1.165, 1.54) is 17.5 Å². The van der Waals surface area contributed by atoms with Crippen LogP contribution in [0.4, 0.5) is 10.6 Å². The second kappa shape index (κ2) is 12.1. The summed E-state index contributed by atoms with van der Waals surface area (Å²) in [5.74, 6) is -1.22. The number of pyridine rings is 2. The Morgan fingerprint density at radius 3 is 2.61 bits per heavy atom. The lowest BCUT2D eigenvalue weighted by Gasteiger charge is -2.16. The van der Waals surface area contributed by atoms with Gasteiger partial charge in [0.2, 0.25) is 0 Å². The summed E-state index contributed by atoms with van der Waals surface area (Å²) in [4.78, 5) is 46.4. The van der Waals surface area contributed by atoms with Crippen molar-refractivity contribution in [2.24, 2.45) is 0 Å². The molecule has 5 aromatic rings. The van der Waals surface area contributed by atoms with Crippen LogP contribution in [0.5, 0.6) is 0 Å². The van der Waals surface area contributed by atoms with Gasteiger partial charge in [-0.3, -0.25) is 10.1 Å². The minimum Gasteiger partial charge on any atom is -0.545 e. The number of nitrogens with one attached hydrogen (secondary N) is 2. The van der Waals surface area contributed by atoms with Crippen LogP contribution in [-0.2, 0) is 11.3 Å². The lowest BCUT2D eigenvalue weighted by atomic mass is 9.99. The number of methoxy groups -OCH3 is 1. The fraction of sp³-hybridized carbons (Fsp3) is 0.167. The third-order valence-electron chi connectivity index (χ3n) is 6.43. The van der Waals surface area contributed by atoms with Crippen molar-refractivity contribution in [2.45, 2.75) is 13.5 Å². The lowest BCUT2D eigenvalue weighted by Crippen LogP contribution is -2.30. The van der Waals surface area contributed by atoms with Gasteiger partial charge in [-0.2, -0.15) is 0 Å². The molecule has 5 rings (SSSR count). The highest BCUT2D eigenvalue weighted by Gasteiger charge is 2.17. The van der Waals surface area contributed by atoms with Gasteiger partial charge in [-0.05, 0) is 30.7 Å². The van der Waals surface area contributed by atoms with Gasteiger partial charge in [0.15, 0.2) is 5.43 Å². The number of hydrogen-bond donors (Lipinski definition) is 2. The van der Waals surface area contributed by atoms with Crippen molar-refractivity contribution in [3.8, 4) is 33.0 Å². The maximum atomic E-state index is 13.2. The van der Waals surface area contributed by atoms with Gasteiger partial charge in [0.05, 0.1) is 29.4 Å². The summed E-state index contributed by atoms with van der Waals surface area (Å²) in [6.07, 6.45) is 2.89. The molecule has 41 heavy (non-hydrogen) atoms. The summed E-state index contributed by atoms with van der Waals surface area (Å²) in [6, 6.07) is 16.4. The van der Waals surface area contributed by atoms with E-state index in [9.17, 15) is 19.5 Å². The van der Waals surface area contributed by atoms with Crippen LogP contribution < -0.4 is 21.2 Å². The van der Waals surface area contributed by atoms with E-state index >= 15 is 0 Å². The maximum Gasteiger partial charge on any atom is 0.320 e. The molecule has 0 bridgehead atoms. The van der Waals surface area contributed by atoms with Crippen LogP contribution in [0.15, 0.2) is 77.2 Å². The quantitative estimate of drug-likeness (QED) is 0.274. The number of ether oxygens (including phenoxy) is 1. The van der Waals surface area contributed by atoms with E-state index in [4.69, 9.17) is 9.72 Å². The van der Waals surface area contributed by atoms with Gasteiger partial charge in [-0.15, -0.1) is 11.3 Å². The number of benzene rings is 2. The summed E-state index contributed by atoms with van der Waals surface area (Å²) in [6.45, 7) is 2.95. The van der Waals surface area contributed by atoms with E-state index in [1.807, 2.05) is 48.7 Å². The third-order valence-corrected chi connectivity index (χ3v) is 7.31. The number of carboxylic acids is 1. The van der Waals surface area contributed by atoms with Crippen LogP contribution >= 0.6 is 11.3 Å². The molecule has 11 heteroatoms. The van der Waals surface area contributed by atoms with Gasteiger partial charge < -0.3 is 24.5 Å². The molecular weight excluding hydrogens is 542 g/mol. The van der Waals surface area contributed by atoms with Gasteiger partial charge >= 0.3 is 6.03 Å². The Bertz CT molecular complexity index is 1800. The zero-order valence-electron chi connectivity index (χ0n) is 22.3. The first-order valence-electron chi connectivity index (χ1n) is 12.8. The lowest BCUT2D eigenvalue weighted by molar-refractivity contribution is -0.255. The molecule has 0 atom stereocenters. The monoisotopic (exact) mass is 568 g/mol. The van der Waals surface area contributed by atoms with E-state index < -0.39 is 17.0 Å². The highest BCUT2D eigenvalue weighted by Crippen LogP contribution is 2.37. The third kappa shape index (κ3) is 5.86. The molecule has 3 aromatic heterocycles. The Morgan fingerprint density at radius 2 is 1.88 bits per heavy atom. The number of anilines is 1. The molecule has 2 aromatic carbocycles. The average Bonchev–Trinajstić information content (AvgIpc) is 3.47. The van der Waals surface area contributed by atoms with E-state index in [0.29, 0.717) is 52.7 Å². The number of carboxylic acid groups (broad SMARTS) is 1. The number of aromatic carboxylic acids is 1. The Balaban J connectivity index is 1.67. The first-order valence-corrected chi connectivity index (χ1v) is 13.7. The Kier molecular flexibility index (Phi) is 8.18.